The van der Waals surface area contributed by atoms with E-state index in [1.165, 1.54) is 0 Å². The Balaban J connectivity index is 1.41. The van der Waals surface area contributed by atoms with Crippen molar-refractivity contribution in [2.45, 2.75) is 11.7 Å². The molecule has 2 aromatic carbocycles. The highest BCUT2D eigenvalue weighted by molar-refractivity contribution is 7.99. The van der Waals surface area contributed by atoms with Crippen LogP contribution in [0.5, 0.6) is 5.75 Å². The zero-order chi connectivity index (χ0) is 18.8. The number of anilines is 1. The number of ether oxygens (including phenoxy) is 1. The van der Waals surface area contributed by atoms with Gasteiger partial charge in [0.25, 0.3) is 5.91 Å². The second-order valence-corrected chi connectivity index (χ2v) is 7.85. The lowest BCUT2D eigenvalue weighted by atomic mass is 10.1. The molecule has 138 valence electrons. The molecule has 27 heavy (non-hydrogen) atoms. The molecule has 4 rings (SSSR count). The highest BCUT2D eigenvalue weighted by Gasteiger charge is 2.15. The number of carbonyl (C=O) groups is 1. The van der Waals surface area contributed by atoms with Crippen molar-refractivity contribution in [1.29, 1.82) is 0 Å². The monoisotopic (exact) mass is 419 g/mol. The maximum atomic E-state index is 12.2. The largest absolute Gasteiger partial charge is 0.482 e. The van der Waals surface area contributed by atoms with E-state index in [4.69, 9.17) is 27.9 Å². The Hall–Kier alpha value is -2.15. The maximum Gasteiger partial charge on any atom is 0.262 e. The van der Waals surface area contributed by atoms with Crippen LogP contribution < -0.4 is 10.1 Å². The van der Waals surface area contributed by atoms with Crippen LogP contribution in [0.15, 0.2) is 53.8 Å². The summed E-state index contributed by atoms with van der Waals surface area (Å²) in [7, 11) is 0. The number of halogens is 2. The lowest BCUT2D eigenvalue weighted by molar-refractivity contribution is -0.118. The molecule has 0 atom stereocenters. The Bertz CT molecular complexity index is 985. The average Bonchev–Trinajstić information content (AvgIpc) is 3.23. The minimum absolute atomic E-state index is 0.152. The summed E-state index contributed by atoms with van der Waals surface area (Å²) in [5, 5.41) is 4.74. The first kappa shape index (κ1) is 18.2. The fourth-order valence-corrected chi connectivity index (χ4v) is 4.14. The van der Waals surface area contributed by atoms with Crippen LogP contribution in [0.3, 0.4) is 0 Å². The van der Waals surface area contributed by atoms with Crippen LogP contribution in [0.25, 0.3) is 11.3 Å². The van der Waals surface area contributed by atoms with E-state index < -0.39 is 0 Å². The van der Waals surface area contributed by atoms with Gasteiger partial charge in [-0.15, -0.1) is 0 Å². The molecule has 3 aromatic rings. The number of rotatable bonds is 5. The first-order chi connectivity index (χ1) is 13.1. The van der Waals surface area contributed by atoms with Gasteiger partial charge in [-0.2, -0.15) is 0 Å². The van der Waals surface area contributed by atoms with E-state index in [1.54, 1.807) is 30.0 Å². The summed E-state index contributed by atoms with van der Waals surface area (Å²) in [4.78, 5) is 16.8. The number of thioether (sulfide) groups is 1. The van der Waals surface area contributed by atoms with Gasteiger partial charge in [-0.3, -0.25) is 4.79 Å². The van der Waals surface area contributed by atoms with E-state index in [2.05, 4.69) is 14.9 Å². The van der Waals surface area contributed by atoms with Gasteiger partial charge in [0, 0.05) is 34.8 Å². The van der Waals surface area contributed by atoms with E-state index in [1.807, 2.05) is 30.5 Å². The molecule has 5 nitrogen and oxygen atoms in total. The first-order valence-corrected chi connectivity index (χ1v) is 10.0. The lowest BCUT2D eigenvalue weighted by Crippen LogP contribution is -2.20. The summed E-state index contributed by atoms with van der Waals surface area (Å²) in [6, 6.07) is 12.5. The molecule has 0 spiro atoms. The average molecular weight is 420 g/mol. The van der Waals surface area contributed by atoms with E-state index in [9.17, 15) is 4.79 Å². The number of aromatic nitrogens is 2. The second kappa shape index (κ2) is 7.84. The SMILES string of the molecule is O=C(COc1ccc(Cl)cc1Cl)Nc1cccc(-c2cn3c(n2)SCC3)c1. The van der Waals surface area contributed by atoms with E-state index in [-0.39, 0.29) is 12.5 Å². The fraction of sp³-hybridized carbons (Fsp3) is 0.158. The summed E-state index contributed by atoms with van der Waals surface area (Å²) >= 11 is 13.6. The van der Waals surface area contributed by atoms with Crippen LogP contribution >= 0.6 is 35.0 Å². The van der Waals surface area contributed by atoms with Crippen molar-refractivity contribution in [2.24, 2.45) is 0 Å². The molecule has 1 aromatic heterocycles. The molecule has 8 heteroatoms. The Kier molecular flexibility index (Phi) is 5.29. The van der Waals surface area contributed by atoms with Gasteiger partial charge >= 0.3 is 0 Å². The number of nitrogens with one attached hydrogen (secondary N) is 1. The number of imidazole rings is 1. The molecule has 1 N–H and O–H groups in total. The zero-order valence-electron chi connectivity index (χ0n) is 14.1. The predicted octanol–water partition coefficient (Wildman–Crippen LogP) is 4.98. The summed E-state index contributed by atoms with van der Waals surface area (Å²) in [5.41, 5.74) is 2.54. The van der Waals surface area contributed by atoms with Gasteiger partial charge in [0.05, 0.1) is 10.7 Å². The van der Waals surface area contributed by atoms with Crippen LogP contribution in [-0.4, -0.2) is 27.8 Å². The third-order valence-electron chi connectivity index (χ3n) is 4.00. The van der Waals surface area contributed by atoms with Crippen LogP contribution in [0.2, 0.25) is 10.0 Å². The summed E-state index contributed by atoms with van der Waals surface area (Å²) in [6.07, 6.45) is 2.04. The van der Waals surface area contributed by atoms with Gasteiger partial charge in [-0.05, 0) is 30.3 Å². The van der Waals surface area contributed by atoms with Crippen molar-refractivity contribution < 1.29 is 9.53 Å². The normalized spacial score (nSPS) is 12.7. The minimum atomic E-state index is -0.277. The Morgan fingerprint density at radius 2 is 2.15 bits per heavy atom. The molecular formula is C19H15Cl2N3O2S. The highest BCUT2D eigenvalue weighted by atomic mass is 35.5. The highest BCUT2D eigenvalue weighted by Crippen LogP contribution is 2.30. The number of nitrogens with zero attached hydrogens (tertiary/aromatic N) is 2. The maximum absolute atomic E-state index is 12.2. The first-order valence-electron chi connectivity index (χ1n) is 8.26. The van der Waals surface area contributed by atoms with E-state index in [0.29, 0.717) is 21.5 Å². The molecule has 2 heterocycles. The zero-order valence-corrected chi connectivity index (χ0v) is 16.4. The van der Waals surface area contributed by atoms with Crippen molar-refractivity contribution >= 4 is 46.6 Å². The van der Waals surface area contributed by atoms with Crippen LogP contribution in [0.4, 0.5) is 5.69 Å². The standard InChI is InChI=1S/C19H15Cl2N3O2S/c20-13-4-5-17(15(21)9-13)26-11-18(25)22-14-3-1-2-12(8-14)16-10-24-6-7-27-19(24)23-16/h1-5,8-10H,6-7,11H2,(H,22,25). The summed E-state index contributed by atoms with van der Waals surface area (Å²) in [6.45, 7) is 0.828. The molecule has 0 saturated carbocycles. The van der Waals surface area contributed by atoms with Gasteiger partial charge in [0.2, 0.25) is 0 Å². The smallest absolute Gasteiger partial charge is 0.262 e. The Labute approximate surface area is 170 Å². The molecule has 0 bridgehead atoms. The van der Waals surface area contributed by atoms with E-state index >= 15 is 0 Å². The third-order valence-corrected chi connectivity index (χ3v) is 5.50. The van der Waals surface area contributed by atoms with Gasteiger partial charge < -0.3 is 14.6 Å². The lowest BCUT2D eigenvalue weighted by Gasteiger charge is -2.09. The second-order valence-electron chi connectivity index (χ2n) is 5.94. The number of benzene rings is 2. The van der Waals surface area contributed by atoms with Gasteiger partial charge in [-0.1, -0.05) is 47.1 Å². The number of carbonyl (C=O) groups excluding carboxylic acids is 1. The summed E-state index contributed by atoms with van der Waals surface area (Å²) < 4.78 is 7.61. The topological polar surface area (TPSA) is 56.1 Å². The fourth-order valence-electron chi connectivity index (χ4n) is 2.74. The molecule has 0 aliphatic carbocycles. The molecule has 1 amide bonds. The van der Waals surface area contributed by atoms with Crippen molar-refractivity contribution in [3.05, 3.63) is 58.7 Å². The Morgan fingerprint density at radius 1 is 1.26 bits per heavy atom. The number of fused-ring (bicyclic) bond motifs is 1. The predicted molar refractivity (Wildman–Crippen MR) is 109 cm³/mol. The van der Waals surface area contributed by atoms with Gasteiger partial charge in [0.1, 0.15) is 5.75 Å². The van der Waals surface area contributed by atoms with E-state index in [0.717, 1.165) is 28.7 Å². The van der Waals surface area contributed by atoms with Crippen molar-refractivity contribution in [3.63, 3.8) is 0 Å². The molecule has 0 fully saturated rings. The number of hydrogen-bond acceptors (Lipinski definition) is 4. The van der Waals surface area contributed by atoms with Crippen LogP contribution in [0, 0.1) is 0 Å². The molecular weight excluding hydrogens is 405 g/mol. The molecule has 0 radical (unpaired) electrons. The van der Waals surface area contributed by atoms with Crippen LogP contribution in [0.1, 0.15) is 0 Å². The van der Waals surface area contributed by atoms with Crippen LogP contribution in [-0.2, 0) is 11.3 Å². The summed E-state index contributed by atoms with van der Waals surface area (Å²) in [5.74, 6) is 1.20. The van der Waals surface area contributed by atoms with Gasteiger partial charge in [-0.25, -0.2) is 4.98 Å². The number of hydrogen-bond donors (Lipinski definition) is 1. The quantitative estimate of drug-likeness (QED) is 0.633. The number of aryl methyl sites for hydroxylation is 1. The molecule has 0 unspecified atom stereocenters. The number of amides is 1. The molecule has 1 aliphatic heterocycles. The van der Waals surface area contributed by atoms with Crippen molar-refractivity contribution in [1.82, 2.24) is 9.55 Å². The van der Waals surface area contributed by atoms with Crippen molar-refractivity contribution in [2.75, 3.05) is 17.7 Å². The molecule has 0 saturated heterocycles. The third kappa shape index (κ3) is 4.24. The van der Waals surface area contributed by atoms with Gasteiger partial charge in [0.15, 0.2) is 11.8 Å². The molecule has 1 aliphatic rings. The van der Waals surface area contributed by atoms with Crippen molar-refractivity contribution in [3.8, 4) is 17.0 Å². The Morgan fingerprint density at radius 3 is 2.96 bits per heavy atom. The minimum Gasteiger partial charge on any atom is -0.482 e.